The van der Waals surface area contributed by atoms with Crippen LogP contribution in [0.2, 0.25) is 5.02 Å². The van der Waals surface area contributed by atoms with E-state index < -0.39 is 0 Å². The maximum absolute atomic E-state index is 13.0. The molecule has 0 aliphatic rings. The summed E-state index contributed by atoms with van der Waals surface area (Å²) in [5, 5.41) is 0.477. The van der Waals surface area contributed by atoms with Gasteiger partial charge in [-0.05, 0) is 29.3 Å². The second-order valence-corrected chi connectivity index (χ2v) is 4.40. The largest absolute Gasteiger partial charge is 0.299 e. The Labute approximate surface area is 109 Å². The van der Waals surface area contributed by atoms with Crippen LogP contribution in [0.15, 0.2) is 42.7 Å². The van der Waals surface area contributed by atoms with Crippen LogP contribution in [0, 0.1) is 5.82 Å². The molecule has 2 aromatic rings. The number of rotatable bonds is 4. The number of benzene rings is 1. The zero-order chi connectivity index (χ0) is 13.0. The third-order valence-electron chi connectivity index (χ3n) is 2.53. The van der Waals surface area contributed by atoms with E-state index in [0.29, 0.717) is 10.6 Å². The number of Topliss-reactive ketones (excluding diaryl/α,β-unsaturated/α-hetero) is 1. The smallest absolute Gasteiger partial charge is 0.141 e. The number of carbonyl (C=O) groups excluding carboxylic acids is 1. The van der Waals surface area contributed by atoms with Crippen LogP contribution in [-0.4, -0.2) is 10.8 Å². The van der Waals surface area contributed by atoms with Crippen LogP contribution in [-0.2, 0) is 17.6 Å². The molecule has 0 unspecified atom stereocenters. The van der Waals surface area contributed by atoms with Crippen molar-refractivity contribution < 1.29 is 9.18 Å². The molecule has 0 radical (unpaired) electrons. The molecule has 0 bridgehead atoms. The molecular weight excluding hydrogens is 253 g/mol. The molecule has 0 fully saturated rings. The molecule has 1 aromatic heterocycles. The first-order valence-corrected chi connectivity index (χ1v) is 5.87. The first-order chi connectivity index (χ1) is 8.65. The van der Waals surface area contributed by atoms with E-state index in [-0.39, 0.29) is 24.4 Å². The highest BCUT2D eigenvalue weighted by atomic mass is 35.5. The highest BCUT2D eigenvalue weighted by Crippen LogP contribution is 2.15. The number of hydrogen-bond acceptors (Lipinski definition) is 2. The highest BCUT2D eigenvalue weighted by Gasteiger charge is 2.08. The zero-order valence-corrected chi connectivity index (χ0v) is 10.3. The van der Waals surface area contributed by atoms with Gasteiger partial charge in [0.15, 0.2) is 0 Å². The lowest BCUT2D eigenvalue weighted by Crippen LogP contribution is -2.07. The maximum atomic E-state index is 13.0. The van der Waals surface area contributed by atoms with E-state index in [1.54, 1.807) is 24.4 Å². The van der Waals surface area contributed by atoms with Crippen molar-refractivity contribution in [3.63, 3.8) is 0 Å². The predicted molar refractivity (Wildman–Crippen MR) is 68.1 cm³/mol. The first-order valence-electron chi connectivity index (χ1n) is 5.49. The number of halogens is 2. The minimum Gasteiger partial charge on any atom is -0.299 e. The Balaban J connectivity index is 2.03. The van der Waals surface area contributed by atoms with E-state index in [9.17, 15) is 9.18 Å². The summed E-state index contributed by atoms with van der Waals surface area (Å²) < 4.78 is 13.0. The topological polar surface area (TPSA) is 30.0 Å². The number of pyridine rings is 1. The summed E-state index contributed by atoms with van der Waals surface area (Å²) in [6, 6.07) is 7.76. The molecule has 0 saturated heterocycles. The fraction of sp³-hybridized carbons (Fsp3) is 0.143. The van der Waals surface area contributed by atoms with E-state index >= 15 is 0 Å². The summed E-state index contributed by atoms with van der Waals surface area (Å²) in [5.41, 5.74) is 1.42. The van der Waals surface area contributed by atoms with Crippen molar-refractivity contribution in [1.29, 1.82) is 0 Å². The van der Waals surface area contributed by atoms with Gasteiger partial charge in [0.05, 0.1) is 5.02 Å². The summed E-state index contributed by atoms with van der Waals surface area (Å²) in [4.78, 5) is 15.7. The SMILES string of the molecule is O=C(Cc1cccc(F)c1)Cc1ccncc1Cl. The van der Waals surface area contributed by atoms with Crippen LogP contribution in [0.5, 0.6) is 0 Å². The Morgan fingerprint density at radius 1 is 1.28 bits per heavy atom. The molecule has 0 saturated carbocycles. The van der Waals surface area contributed by atoms with Gasteiger partial charge in [-0.25, -0.2) is 4.39 Å². The van der Waals surface area contributed by atoms with Crippen molar-refractivity contribution in [1.82, 2.24) is 4.98 Å². The zero-order valence-electron chi connectivity index (χ0n) is 9.57. The molecule has 2 rings (SSSR count). The molecule has 0 atom stereocenters. The fourth-order valence-electron chi connectivity index (χ4n) is 1.70. The van der Waals surface area contributed by atoms with Crippen LogP contribution >= 0.6 is 11.6 Å². The van der Waals surface area contributed by atoms with Crippen LogP contribution in [0.3, 0.4) is 0 Å². The van der Waals surface area contributed by atoms with Gasteiger partial charge in [-0.2, -0.15) is 0 Å². The van der Waals surface area contributed by atoms with Gasteiger partial charge in [0.25, 0.3) is 0 Å². The molecule has 1 aromatic carbocycles. The Morgan fingerprint density at radius 3 is 2.83 bits per heavy atom. The number of hydrogen-bond donors (Lipinski definition) is 0. The Hall–Kier alpha value is -1.74. The Morgan fingerprint density at radius 2 is 2.11 bits per heavy atom. The monoisotopic (exact) mass is 263 g/mol. The molecule has 0 N–H and O–H groups in total. The van der Waals surface area contributed by atoms with Crippen molar-refractivity contribution in [2.24, 2.45) is 0 Å². The lowest BCUT2D eigenvalue weighted by atomic mass is 10.0. The summed E-state index contributed by atoms with van der Waals surface area (Å²) in [6.07, 6.45) is 3.54. The standard InChI is InChI=1S/C14H11ClFNO/c15-14-9-17-5-4-11(14)8-13(18)7-10-2-1-3-12(16)6-10/h1-6,9H,7-8H2. The van der Waals surface area contributed by atoms with E-state index in [2.05, 4.69) is 4.98 Å². The maximum Gasteiger partial charge on any atom is 0.141 e. The summed E-state index contributed by atoms with van der Waals surface area (Å²) in [6.45, 7) is 0. The molecule has 0 aliphatic carbocycles. The van der Waals surface area contributed by atoms with Gasteiger partial charge in [0.1, 0.15) is 11.6 Å². The van der Waals surface area contributed by atoms with Gasteiger partial charge < -0.3 is 0 Å². The molecule has 1 heterocycles. The van der Waals surface area contributed by atoms with Crippen molar-refractivity contribution >= 4 is 17.4 Å². The number of nitrogens with zero attached hydrogens (tertiary/aromatic N) is 1. The van der Waals surface area contributed by atoms with Gasteiger partial charge in [-0.15, -0.1) is 0 Å². The van der Waals surface area contributed by atoms with Crippen LogP contribution in [0.4, 0.5) is 4.39 Å². The molecule has 0 amide bonds. The van der Waals surface area contributed by atoms with Crippen molar-refractivity contribution in [3.8, 4) is 0 Å². The highest BCUT2D eigenvalue weighted by molar-refractivity contribution is 6.31. The number of carbonyl (C=O) groups is 1. The summed E-state index contributed by atoms with van der Waals surface area (Å²) >= 11 is 5.92. The lowest BCUT2D eigenvalue weighted by Gasteiger charge is -2.03. The molecule has 2 nitrogen and oxygen atoms in total. The quantitative estimate of drug-likeness (QED) is 0.848. The van der Waals surface area contributed by atoms with E-state index in [1.165, 1.54) is 18.3 Å². The second kappa shape index (κ2) is 5.74. The average molecular weight is 264 g/mol. The van der Waals surface area contributed by atoms with Gasteiger partial charge in [0, 0.05) is 25.2 Å². The molecule has 92 valence electrons. The second-order valence-electron chi connectivity index (χ2n) is 3.99. The number of ketones is 1. The van der Waals surface area contributed by atoms with Crippen LogP contribution in [0.25, 0.3) is 0 Å². The summed E-state index contributed by atoms with van der Waals surface area (Å²) in [7, 11) is 0. The molecule has 0 spiro atoms. The summed E-state index contributed by atoms with van der Waals surface area (Å²) in [5.74, 6) is -0.337. The van der Waals surface area contributed by atoms with Gasteiger partial charge >= 0.3 is 0 Å². The third-order valence-corrected chi connectivity index (χ3v) is 2.87. The minimum atomic E-state index is -0.331. The first kappa shape index (κ1) is 12.7. The molecule has 4 heteroatoms. The minimum absolute atomic E-state index is 0.00583. The normalized spacial score (nSPS) is 10.3. The predicted octanol–water partition coefficient (Wildman–Crippen LogP) is 3.23. The van der Waals surface area contributed by atoms with Crippen molar-refractivity contribution in [3.05, 3.63) is 64.7 Å². The molecule has 0 aliphatic heterocycles. The third kappa shape index (κ3) is 3.37. The van der Waals surface area contributed by atoms with Gasteiger partial charge in [-0.3, -0.25) is 9.78 Å². The number of aromatic nitrogens is 1. The van der Waals surface area contributed by atoms with E-state index in [4.69, 9.17) is 11.6 Å². The molecular formula is C14H11ClFNO. The lowest BCUT2D eigenvalue weighted by molar-refractivity contribution is -0.117. The van der Waals surface area contributed by atoms with Crippen LogP contribution < -0.4 is 0 Å². The van der Waals surface area contributed by atoms with E-state index in [1.807, 2.05) is 0 Å². The molecule has 18 heavy (non-hydrogen) atoms. The fourth-order valence-corrected chi connectivity index (χ4v) is 1.88. The van der Waals surface area contributed by atoms with Gasteiger partial charge in [0.2, 0.25) is 0 Å². The Bertz CT molecular complexity index is 571. The van der Waals surface area contributed by atoms with Crippen molar-refractivity contribution in [2.45, 2.75) is 12.8 Å². The van der Waals surface area contributed by atoms with Gasteiger partial charge in [-0.1, -0.05) is 23.7 Å². The van der Waals surface area contributed by atoms with E-state index in [0.717, 1.165) is 5.56 Å². The van der Waals surface area contributed by atoms with Crippen molar-refractivity contribution in [2.75, 3.05) is 0 Å². The van der Waals surface area contributed by atoms with Crippen LogP contribution in [0.1, 0.15) is 11.1 Å². The average Bonchev–Trinajstić information content (AvgIpc) is 2.32. The Kier molecular flexibility index (Phi) is 4.05.